The Bertz CT molecular complexity index is 626. The molecule has 6 heteroatoms. The highest BCUT2D eigenvalue weighted by atomic mass is 16.4. The minimum absolute atomic E-state index is 0.00168. The fraction of sp³-hybridized carbons (Fsp3) is 0. The van der Waals surface area contributed by atoms with Crippen LogP contribution in [0.3, 0.4) is 0 Å². The highest BCUT2D eigenvalue weighted by Gasteiger charge is 2.13. The van der Waals surface area contributed by atoms with Gasteiger partial charge in [0.1, 0.15) is 0 Å². The fourth-order valence-electron chi connectivity index (χ4n) is 1.56. The lowest BCUT2D eigenvalue weighted by molar-refractivity contribution is 0.0682. The van der Waals surface area contributed by atoms with Crippen molar-refractivity contribution in [3.63, 3.8) is 0 Å². The third kappa shape index (κ3) is 2.86. The van der Waals surface area contributed by atoms with Crippen LogP contribution in [0.1, 0.15) is 20.7 Å². The van der Waals surface area contributed by atoms with Gasteiger partial charge in [-0.05, 0) is 30.3 Å². The number of carboxylic acids is 2. The van der Waals surface area contributed by atoms with Crippen molar-refractivity contribution in [1.29, 1.82) is 0 Å². The fourth-order valence-corrected chi connectivity index (χ4v) is 1.56. The van der Waals surface area contributed by atoms with E-state index in [2.05, 4.69) is 10.3 Å². The van der Waals surface area contributed by atoms with Crippen molar-refractivity contribution in [2.45, 2.75) is 0 Å². The molecule has 1 heterocycles. The summed E-state index contributed by atoms with van der Waals surface area (Å²) in [6.07, 6.45) is 3.09. The number of pyridine rings is 1. The molecular formula is C13H10N2O4. The number of carbonyl (C=O) groups is 2. The maximum Gasteiger partial charge on any atom is 0.337 e. The molecule has 3 N–H and O–H groups in total. The smallest absolute Gasteiger partial charge is 0.337 e. The molecule has 0 aliphatic heterocycles. The highest BCUT2D eigenvalue weighted by Crippen LogP contribution is 2.22. The number of hydrogen-bond acceptors (Lipinski definition) is 4. The van der Waals surface area contributed by atoms with Crippen molar-refractivity contribution in [3.05, 3.63) is 53.9 Å². The van der Waals surface area contributed by atoms with Gasteiger partial charge in [0.15, 0.2) is 0 Å². The third-order valence-corrected chi connectivity index (χ3v) is 2.46. The molecule has 0 saturated carbocycles. The van der Waals surface area contributed by atoms with Gasteiger partial charge in [0.2, 0.25) is 0 Å². The van der Waals surface area contributed by atoms with Crippen LogP contribution in [0, 0.1) is 0 Å². The molecule has 0 radical (unpaired) electrons. The van der Waals surface area contributed by atoms with Crippen LogP contribution in [0.5, 0.6) is 0 Å². The molecule has 6 nitrogen and oxygen atoms in total. The van der Waals surface area contributed by atoms with E-state index >= 15 is 0 Å². The normalized spacial score (nSPS) is 9.89. The Morgan fingerprint density at radius 1 is 1.00 bits per heavy atom. The van der Waals surface area contributed by atoms with E-state index in [0.717, 1.165) is 0 Å². The van der Waals surface area contributed by atoms with E-state index in [1.165, 1.54) is 18.2 Å². The average Bonchev–Trinajstić information content (AvgIpc) is 2.39. The number of nitrogens with zero attached hydrogens (tertiary/aromatic N) is 1. The summed E-state index contributed by atoms with van der Waals surface area (Å²) in [6.45, 7) is 0. The van der Waals surface area contributed by atoms with Crippen molar-refractivity contribution < 1.29 is 19.8 Å². The number of nitrogens with one attached hydrogen (secondary N) is 1. The number of carboxylic acid groups (broad SMARTS) is 2. The molecular weight excluding hydrogens is 248 g/mol. The van der Waals surface area contributed by atoms with Gasteiger partial charge in [0.25, 0.3) is 0 Å². The molecule has 0 amide bonds. The Labute approximate surface area is 108 Å². The summed E-state index contributed by atoms with van der Waals surface area (Å²) < 4.78 is 0. The van der Waals surface area contributed by atoms with E-state index in [-0.39, 0.29) is 16.8 Å². The molecule has 0 saturated heterocycles. The van der Waals surface area contributed by atoms with Gasteiger partial charge in [-0.3, -0.25) is 4.98 Å². The summed E-state index contributed by atoms with van der Waals surface area (Å²) in [5.74, 6) is -2.25. The van der Waals surface area contributed by atoms with Crippen LogP contribution in [0.2, 0.25) is 0 Å². The van der Waals surface area contributed by atoms with Crippen LogP contribution < -0.4 is 5.32 Å². The van der Waals surface area contributed by atoms with E-state index in [1.807, 2.05) is 0 Å². The monoisotopic (exact) mass is 258 g/mol. The zero-order valence-electron chi connectivity index (χ0n) is 9.70. The van der Waals surface area contributed by atoms with Crippen molar-refractivity contribution in [2.75, 3.05) is 5.32 Å². The maximum atomic E-state index is 11.1. The molecule has 0 bridgehead atoms. The molecule has 0 aliphatic carbocycles. The van der Waals surface area contributed by atoms with Gasteiger partial charge < -0.3 is 15.5 Å². The zero-order valence-corrected chi connectivity index (χ0v) is 9.70. The first kappa shape index (κ1) is 12.6. The second-order valence-electron chi connectivity index (χ2n) is 3.73. The number of rotatable bonds is 4. The number of anilines is 2. The summed E-state index contributed by atoms with van der Waals surface area (Å²) >= 11 is 0. The van der Waals surface area contributed by atoms with Gasteiger partial charge in [0.05, 0.1) is 16.8 Å². The molecule has 0 aliphatic rings. The second kappa shape index (κ2) is 5.18. The van der Waals surface area contributed by atoms with Gasteiger partial charge in [-0.2, -0.15) is 0 Å². The number of aromatic carboxylic acids is 2. The van der Waals surface area contributed by atoms with Crippen LogP contribution >= 0.6 is 0 Å². The summed E-state index contributed by atoms with van der Waals surface area (Å²) in [6, 6.07) is 7.10. The zero-order chi connectivity index (χ0) is 13.8. The van der Waals surface area contributed by atoms with E-state index in [4.69, 9.17) is 10.2 Å². The first-order valence-electron chi connectivity index (χ1n) is 5.35. The Hall–Kier alpha value is -2.89. The van der Waals surface area contributed by atoms with Crippen LogP contribution in [-0.4, -0.2) is 27.1 Å². The third-order valence-electron chi connectivity index (χ3n) is 2.46. The topological polar surface area (TPSA) is 99.5 Å². The van der Waals surface area contributed by atoms with E-state index < -0.39 is 11.9 Å². The van der Waals surface area contributed by atoms with Crippen molar-refractivity contribution in [2.24, 2.45) is 0 Å². The highest BCUT2D eigenvalue weighted by molar-refractivity contribution is 5.98. The van der Waals surface area contributed by atoms with E-state index in [0.29, 0.717) is 5.69 Å². The molecule has 0 fully saturated rings. The lowest BCUT2D eigenvalue weighted by atomic mass is 10.1. The van der Waals surface area contributed by atoms with Gasteiger partial charge in [-0.15, -0.1) is 0 Å². The largest absolute Gasteiger partial charge is 0.478 e. The number of hydrogen-bond donors (Lipinski definition) is 3. The minimum Gasteiger partial charge on any atom is -0.478 e. The van der Waals surface area contributed by atoms with E-state index in [9.17, 15) is 9.59 Å². The minimum atomic E-state index is -1.13. The first-order chi connectivity index (χ1) is 9.08. The molecule has 19 heavy (non-hydrogen) atoms. The summed E-state index contributed by atoms with van der Waals surface area (Å²) in [4.78, 5) is 25.8. The van der Waals surface area contributed by atoms with Crippen LogP contribution in [0.4, 0.5) is 11.4 Å². The molecule has 2 aromatic rings. The standard InChI is InChI=1S/C13H10N2O4/c16-12(17)8-1-2-10(13(18)19)11(7-8)15-9-3-5-14-6-4-9/h1-7H,(H,14,15)(H,16,17)(H,18,19). The van der Waals surface area contributed by atoms with E-state index in [1.54, 1.807) is 24.5 Å². The van der Waals surface area contributed by atoms with Crippen LogP contribution in [0.15, 0.2) is 42.7 Å². The lowest BCUT2D eigenvalue weighted by Gasteiger charge is -2.10. The summed E-state index contributed by atoms with van der Waals surface area (Å²) in [7, 11) is 0. The summed E-state index contributed by atoms with van der Waals surface area (Å²) in [5, 5.41) is 20.9. The van der Waals surface area contributed by atoms with Gasteiger partial charge in [-0.1, -0.05) is 0 Å². The second-order valence-corrected chi connectivity index (χ2v) is 3.73. The Morgan fingerprint density at radius 3 is 2.26 bits per heavy atom. The maximum absolute atomic E-state index is 11.1. The predicted octanol–water partition coefficient (Wildman–Crippen LogP) is 2.22. The molecule has 1 aromatic carbocycles. The molecule has 0 unspecified atom stereocenters. The lowest BCUT2D eigenvalue weighted by Crippen LogP contribution is -2.05. The Balaban J connectivity index is 2.43. The van der Waals surface area contributed by atoms with Gasteiger partial charge in [0, 0.05) is 18.1 Å². The predicted molar refractivity (Wildman–Crippen MR) is 67.9 cm³/mol. The van der Waals surface area contributed by atoms with Gasteiger partial charge >= 0.3 is 11.9 Å². The quantitative estimate of drug-likeness (QED) is 0.777. The number of benzene rings is 1. The van der Waals surface area contributed by atoms with Crippen LogP contribution in [0.25, 0.3) is 0 Å². The molecule has 96 valence electrons. The molecule has 2 rings (SSSR count). The number of aromatic nitrogens is 1. The van der Waals surface area contributed by atoms with Crippen molar-refractivity contribution in [1.82, 2.24) is 4.98 Å². The van der Waals surface area contributed by atoms with Crippen molar-refractivity contribution in [3.8, 4) is 0 Å². The average molecular weight is 258 g/mol. The molecule has 1 aromatic heterocycles. The van der Waals surface area contributed by atoms with Gasteiger partial charge in [-0.25, -0.2) is 9.59 Å². The van der Waals surface area contributed by atoms with Crippen molar-refractivity contribution >= 4 is 23.3 Å². The molecule has 0 atom stereocenters. The Morgan fingerprint density at radius 2 is 1.68 bits per heavy atom. The molecule has 0 spiro atoms. The SMILES string of the molecule is O=C(O)c1ccc(C(=O)O)c(Nc2ccncc2)c1. The summed E-state index contributed by atoms with van der Waals surface area (Å²) in [5.41, 5.74) is 0.863. The first-order valence-corrected chi connectivity index (χ1v) is 5.35. The Kier molecular flexibility index (Phi) is 3.42. The van der Waals surface area contributed by atoms with Crippen LogP contribution in [-0.2, 0) is 0 Å².